The molecule has 0 unspecified atom stereocenters. The SMILES string of the molecule is C=C1N[C@@H](C)CO/C1=C\N1CCN(Cc2cccc3ccccc23)CC1. The number of piperazine rings is 1. The van der Waals surface area contributed by atoms with E-state index in [0.29, 0.717) is 12.6 Å². The van der Waals surface area contributed by atoms with Crippen LogP contribution < -0.4 is 5.32 Å². The van der Waals surface area contributed by atoms with Crippen molar-refractivity contribution in [3.05, 3.63) is 72.3 Å². The van der Waals surface area contributed by atoms with E-state index < -0.39 is 0 Å². The van der Waals surface area contributed by atoms with Gasteiger partial charge in [0.15, 0.2) is 5.76 Å². The summed E-state index contributed by atoms with van der Waals surface area (Å²) in [6, 6.07) is 15.6. The lowest BCUT2D eigenvalue weighted by molar-refractivity contribution is 0.138. The van der Waals surface area contributed by atoms with Crippen molar-refractivity contribution in [2.24, 2.45) is 0 Å². The first-order valence-corrected chi connectivity index (χ1v) is 9.42. The van der Waals surface area contributed by atoms with E-state index in [1.54, 1.807) is 0 Å². The molecule has 4 heteroatoms. The number of nitrogens with zero attached hydrogens (tertiary/aromatic N) is 2. The van der Waals surface area contributed by atoms with Gasteiger partial charge < -0.3 is 15.0 Å². The molecule has 1 N–H and O–H groups in total. The van der Waals surface area contributed by atoms with Crippen LogP contribution in [-0.4, -0.2) is 48.6 Å². The van der Waals surface area contributed by atoms with Gasteiger partial charge in [0.1, 0.15) is 6.61 Å². The smallest absolute Gasteiger partial charge is 0.157 e. The molecule has 2 heterocycles. The molecular weight excluding hydrogens is 322 g/mol. The van der Waals surface area contributed by atoms with Crippen LogP contribution in [0.3, 0.4) is 0 Å². The Kier molecular flexibility index (Phi) is 4.85. The van der Waals surface area contributed by atoms with Crippen molar-refractivity contribution in [1.29, 1.82) is 0 Å². The molecule has 1 atom stereocenters. The Morgan fingerprint density at radius 3 is 2.69 bits per heavy atom. The first-order valence-electron chi connectivity index (χ1n) is 9.42. The molecule has 136 valence electrons. The topological polar surface area (TPSA) is 27.7 Å². The van der Waals surface area contributed by atoms with Crippen LogP contribution in [0.5, 0.6) is 0 Å². The van der Waals surface area contributed by atoms with Gasteiger partial charge in [-0.05, 0) is 23.3 Å². The van der Waals surface area contributed by atoms with Gasteiger partial charge in [0.25, 0.3) is 0 Å². The molecule has 0 bridgehead atoms. The van der Waals surface area contributed by atoms with Crippen LogP contribution in [-0.2, 0) is 11.3 Å². The van der Waals surface area contributed by atoms with Gasteiger partial charge in [-0.1, -0.05) is 49.0 Å². The van der Waals surface area contributed by atoms with Gasteiger partial charge in [-0.15, -0.1) is 0 Å². The summed E-state index contributed by atoms with van der Waals surface area (Å²) in [7, 11) is 0. The van der Waals surface area contributed by atoms with Gasteiger partial charge in [0.05, 0.1) is 11.7 Å². The van der Waals surface area contributed by atoms with E-state index in [2.05, 4.69) is 77.3 Å². The molecule has 0 saturated carbocycles. The van der Waals surface area contributed by atoms with E-state index in [4.69, 9.17) is 4.74 Å². The van der Waals surface area contributed by atoms with Crippen molar-refractivity contribution >= 4 is 10.8 Å². The molecule has 4 nitrogen and oxygen atoms in total. The van der Waals surface area contributed by atoms with Crippen LogP contribution in [0.25, 0.3) is 10.8 Å². The highest BCUT2D eigenvalue weighted by Gasteiger charge is 2.20. The predicted molar refractivity (Wildman–Crippen MR) is 107 cm³/mol. The maximum Gasteiger partial charge on any atom is 0.157 e. The molecule has 2 aliphatic heterocycles. The van der Waals surface area contributed by atoms with E-state index >= 15 is 0 Å². The van der Waals surface area contributed by atoms with Crippen molar-refractivity contribution in [2.45, 2.75) is 19.5 Å². The van der Waals surface area contributed by atoms with Crippen LogP contribution in [0.15, 0.2) is 66.7 Å². The molecule has 0 spiro atoms. The number of hydrogen-bond donors (Lipinski definition) is 1. The van der Waals surface area contributed by atoms with Gasteiger partial charge in [0, 0.05) is 38.9 Å². The third-order valence-corrected chi connectivity index (χ3v) is 5.19. The quantitative estimate of drug-likeness (QED) is 0.920. The zero-order valence-electron chi connectivity index (χ0n) is 15.4. The molecule has 0 aromatic heterocycles. The molecule has 4 rings (SSSR count). The van der Waals surface area contributed by atoms with Crippen LogP contribution in [0.2, 0.25) is 0 Å². The zero-order valence-corrected chi connectivity index (χ0v) is 15.4. The second-order valence-corrected chi connectivity index (χ2v) is 7.28. The van der Waals surface area contributed by atoms with Gasteiger partial charge in [-0.25, -0.2) is 0 Å². The number of ether oxygens (including phenoxy) is 1. The number of morpholine rings is 1. The van der Waals surface area contributed by atoms with Gasteiger partial charge in [0.2, 0.25) is 0 Å². The van der Waals surface area contributed by atoms with Crippen LogP contribution in [0.4, 0.5) is 0 Å². The lowest BCUT2D eigenvalue weighted by atomic mass is 10.0. The summed E-state index contributed by atoms with van der Waals surface area (Å²) >= 11 is 0. The highest BCUT2D eigenvalue weighted by molar-refractivity contribution is 5.85. The summed E-state index contributed by atoms with van der Waals surface area (Å²) in [5.74, 6) is 0.880. The number of rotatable bonds is 3. The third-order valence-electron chi connectivity index (χ3n) is 5.19. The Morgan fingerprint density at radius 1 is 1.12 bits per heavy atom. The molecule has 26 heavy (non-hydrogen) atoms. The first kappa shape index (κ1) is 17.0. The average molecular weight is 349 g/mol. The molecule has 0 radical (unpaired) electrons. The Hall–Kier alpha value is -2.46. The average Bonchev–Trinajstić information content (AvgIpc) is 2.66. The molecular formula is C22H27N3O. The monoisotopic (exact) mass is 349 g/mol. The maximum atomic E-state index is 5.82. The molecule has 2 aromatic carbocycles. The van der Waals surface area contributed by atoms with Crippen molar-refractivity contribution in [2.75, 3.05) is 32.8 Å². The van der Waals surface area contributed by atoms with Crippen LogP contribution in [0, 0.1) is 0 Å². The summed E-state index contributed by atoms with van der Waals surface area (Å²) in [6.07, 6.45) is 2.12. The summed E-state index contributed by atoms with van der Waals surface area (Å²) in [5, 5.41) is 6.04. The Balaban J connectivity index is 1.37. The number of nitrogens with one attached hydrogen (secondary N) is 1. The van der Waals surface area contributed by atoms with Crippen molar-refractivity contribution in [3.63, 3.8) is 0 Å². The Labute approximate surface area is 155 Å². The minimum Gasteiger partial charge on any atom is -0.488 e. The lowest BCUT2D eigenvalue weighted by Gasteiger charge is -2.35. The van der Waals surface area contributed by atoms with Gasteiger partial charge >= 0.3 is 0 Å². The lowest BCUT2D eigenvalue weighted by Crippen LogP contribution is -2.44. The fourth-order valence-corrected chi connectivity index (χ4v) is 3.71. The highest BCUT2D eigenvalue weighted by atomic mass is 16.5. The van der Waals surface area contributed by atoms with Crippen molar-refractivity contribution in [1.82, 2.24) is 15.1 Å². The summed E-state index contributed by atoms with van der Waals surface area (Å²) in [5.41, 5.74) is 2.30. The zero-order chi connectivity index (χ0) is 17.9. The largest absolute Gasteiger partial charge is 0.488 e. The fourth-order valence-electron chi connectivity index (χ4n) is 3.71. The van der Waals surface area contributed by atoms with Crippen molar-refractivity contribution < 1.29 is 4.74 Å². The number of fused-ring (bicyclic) bond motifs is 1. The van der Waals surface area contributed by atoms with Gasteiger partial charge in [-0.2, -0.15) is 0 Å². The van der Waals surface area contributed by atoms with E-state index in [1.807, 2.05) is 0 Å². The second-order valence-electron chi connectivity index (χ2n) is 7.28. The number of hydrogen-bond acceptors (Lipinski definition) is 4. The minimum absolute atomic E-state index is 0.331. The molecule has 2 aliphatic rings. The highest BCUT2D eigenvalue weighted by Crippen LogP contribution is 2.21. The number of benzene rings is 2. The fraction of sp³-hybridized carbons (Fsp3) is 0.364. The molecule has 2 aromatic rings. The van der Waals surface area contributed by atoms with Crippen LogP contribution >= 0.6 is 0 Å². The first-order chi connectivity index (χ1) is 12.7. The van der Waals surface area contributed by atoms with E-state index in [9.17, 15) is 0 Å². The third kappa shape index (κ3) is 3.70. The van der Waals surface area contributed by atoms with Crippen molar-refractivity contribution in [3.8, 4) is 0 Å². The molecule has 0 amide bonds. The summed E-state index contributed by atoms with van der Waals surface area (Å²) in [6.45, 7) is 12.0. The van der Waals surface area contributed by atoms with Crippen LogP contribution in [0.1, 0.15) is 12.5 Å². The molecule has 2 saturated heterocycles. The molecule has 2 fully saturated rings. The van der Waals surface area contributed by atoms with E-state index in [-0.39, 0.29) is 0 Å². The molecule has 0 aliphatic carbocycles. The standard InChI is InChI=1S/C22H27N3O/c1-17-16-26-22(18(2)23-17)15-25-12-10-24(11-13-25)14-20-8-5-7-19-6-3-4-9-21(19)20/h3-9,15,17,23H,2,10-14,16H2,1H3/b22-15-/t17-/m0/s1. The second kappa shape index (κ2) is 7.42. The van der Waals surface area contributed by atoms with E-state index in [1.165, 1.54) is 16.3 Å². The Bertz CT molecular complexity index is 816. The predicted octanol–water partition coefficient (Wildman–Crippen LogP) is 3.32. The Morgan fingerprint density at radius 2 is 1.88 bits per heavy atom. The van der Waals surface area contributed by atoms with Gasteiger partial charge in [-0.3, -0.25) is 4.90 Å². The summed E-state index contributed by atoms with van der Waals surface area (Å²) in [4.78, 5) is 4.88. The maximum absolute atomic E-state index is 5.82. The van der Waals surface area contributed by atoms with E-state index in [0.717, 1.165) is 44.2 Å². The normalized spacial score (nSPS) is 23.1. The minimum atomic E-state index is 0.331. The summed E-state index contributed by atoms with van der Waals surface area (Å²) < 4.78 is 5.82.